The number of aromatic nitrogens is 2. The van der Waals surface area contributed by atoms with Crippen molar-refractivity contribution >= 4 is 11.6 Å². The van der Waals surface area contributed by atoms with Crippen LogP contribution in [0, 0.1) is 5.92 Å². The number of likely N-dealkylation sites (N-methyl/N-ethyl adjacent to an activating group) is 1. The molecule has 2 N–H and O–H groups in total. The molecule has 0 fully saturated rings. The molecule has 19 heavy (non-hydrogen) atoms. The number of halogens is 1. The highest BCUT2D eigenvalue weighted by atomic mass is 35.5. The van der Waals surface area contributed by atoms with Crippen LogP contribution in [0.25, 0.3) is 0 Å². The molecule has 0 aliphatic heterocycles. The predicted octanol–water partition coefficient (Wildman–Crippen LogP) is 1.77. The fourth-order valence-corrected chi connectivity index (χ4v) is 2.39. The monoisotopic (exact) mass is 288 g/mol. The van der Waals surface area contributed by atoms with Gasteiger partial charge in [-0.05, 0) is 26.4 Å². The highest BCUT2D eigenvalue weighted by molar-refractivity contribution is 6.31. The van der Waals surface area contributed by atoms with Crippen molar-refractivity contribution in [1.29, 1.82) is 0 Å². The van der Waals surface area contributed by atoms with Crippen molar-refractivity contribution in [2.45, 2.75) is 25.9 Å². The second-order valence-electron chi connectivity index (χ2n) is 5.31. The Hall–Kier alpha value is -0.620. The summed E-state index contributed by atoms with van der Waals surface area (Å²) in [5.74, 6) is 0.397. The van der Waals surface area contributed by atoms with Crippen LogP contribution in [-0.2, 0) is 11.3 Å². The number of ether oxygens (including phenoxy) is 1. The highest BCUT2D eigenvalue weighted by Crippen LogP contribution is 2.26. The molecule has 0 radical (unpaired) electrons. The minimum absolute atomic E-state index is 0.109. The Bertz CT molecular complexity index is 381. The molecule has 0 aliphatic carbocycles. The van der Waals surface area contributed by atoms with Crippen LogP contribution in [0.2, 0.25) is 5.02 Å². The summed E-state index contributed by atoms with van der Waals surface area (Å²) in [6, 6.07) is -0.109. The molecule has 110 valence electrons. The fourth-order valence-electron chi connectivity index (χ4n) is 2.11. The highest BCUT2D eigenvalue weighted by Gasteiger charge is 2.19. The number of methoxy groups -OCH3 is 1. The molecule has 0 aliphatic rings. The fraction of sp³-hybridized carbons (Fsp3) is 0.769. The van der Waals surface area contributed by atoms with Gasteiger partial charge in [-0.3, -0.25) is 4.68 Å². The Morgan fingerprint density at radius 2 is 2.21 bits per heavy atom. The van der Waals surface area contributed by atoms with Gasteiger partial charge >= 0.3 is 0 Å². The van der Waals surface area contributed by atoms with Crippen LogP contribution in [0.15, 0.2) is 6.20 Å². The molecule has 5 nitrogen and oxygen atoms in total. The summed E-state index contributed by atoms with van der Waals surface area (Å²) in [5, 5.41) is 4.96. The van der Waals surface area contributed by atoms with Gasteiger partial charge in [-0.25, -0.2) is 0 Å². The van der Waals surface area contributed by atoms with E-state index in [1.165, 1.54) is 0 Å². The van der Waals surface area contributed by atoms with Gasteiger partial charge in [0.05, 0.1) is 23.5 Å². The standard InChI is InChI=1S/C13H25ClN4O/c1-10(9-19-4)7-12(15)13-11(14)8-16-18(13)6-5-17(2)3/h8,10,12H,5-7,9,15H2,1-4H3. The summed E-state index contributed by atoms with van der Waals surface area (Å²) in [4.78, 5) is 2.11. The Morgan fingerprint density at radius 3 is 2.79 bits per heavy atom. The van der Waals surface area contributed by atoms with Crippen LogP contribution < -0.4 is 5.73 Å². The average Bonchev–Trinajstić information content (AvgIpc) is 2.68. The Labute approximate surface area is 120 Å². The van der Waals surface area contributed by atoms with Crippen molar-refractivity contribution in [1.82, 2.24) is 14.7 Å². The molecule has 0 saturated carbocycles. The molecule has 1 aromatic heterocycles. The predicted molar refractivity (Wildman–Crippen MR) is 78.4 cm³/mol. The van der Waals surface area contributed by atoms with E-state index in [0.717, 1.165) is 25.2 Å². The summed E-state index contributed by atoms with van der Waals surface area (Å²) in [6.07, 6.45) is 2.51. The van der Waals surface area contributed by atoms with E-state index in [-0.39, 0.29) is 6.04 Å². The van der Waals surface area contributed by atoms with Gasteiger partial charge in [0.1, 0.15) is 0 Å². The molecule has 2 unspecified atom stereocenters. The first-order valence-electron chi connectivity index (χ1n) is 6.56. The average molecular weight is 289 g/mol. The summed E-state index contributed by atoms with van der Waals surface area (Å²) in [7, 11) is 5.77. The summed E-state index contributed by atoms with van der Waals surface area (Å²) < 4.78 is 7.05. The lowest BCUT2D eigenvalue weighted by molar-refractivity contribution is 0.151. The van der Waals surface area contributed by atoms with Crippen molar-refractivity contribution in [3.63, 3.8) is 0 Å². The molecule has 1 aromatic rings. The molecule has 0 bridgehead atoms. The number of nitrogens with zero attached hydrogens (tertiary/aromatic N) is 3. The van der Waals surface area contributed by atoms with Gasteiger partial charge in [-0.2, -0.15) is 5.10 Å². The van der Waals surface area contributed by atoms with E-state index in [0.29, 0.717) is 17.5 Å². The van der Waals surface area contributed by atoms with Crippen LogP contribution in [0.4, 0.5) is 0 Å². The summed E-state index contributed by atoms with van der Waals surface area (Å²) in [5.41, 5.74) is 7.19. The zero-order chi connectivity index (χ0) is 14.4. The lowest BCUT2D eigenvalue weighted by atomic mass is 10.0. The second-order valence-corrected chi connectivity index (χ2v) is 5.71. The molecule has 0 aromatic carbocycles. The van der Waals surface area contributed by atoms with Crippen LogP contribution in [0.3, 0.4) is 0 Å². The SMILES string of the molecule is COCC(C)CC(N)c1c(Cl)cnn1CCN(C)C. The molecule has 2 atom stereocenters. The first-order chi connectivity index (χ1) is 8.95. The third-order valence-electron chi connectivity index (χ3n) is 3.05. The van der Waals surface area contributed by atoms with Crippen molar-refractivity contribution in [2.75, 3.05) is 34.4 Å². The Balaban J connectivity index is 2.72. The molecular formula is C13H25ClN4O. The van der Waals surface area contributed by atoms with Gasteiger partial charge < -0.3 is 15.4 Å². The summed E-state index contributed by atoms with van der Waals surface area (Å²) in [6.45, 7) is 4.53. The lowest BCUT2D eigenvalue weighted by Crippen LogP contribution is -2.24. The van der Waals surface area contributed by atoms with Gasteiger partial charge in [0.15, 0.2) is 0 Å². The lowest BCUT2D eigenvalue weighted by Gasteiger charge is -2.19. The van der Waals surface area contributed by atoms with Gasteiger partial charge in [0, 0.05) is 26.3 Å². The first-order valence-corrected chi connectivity index (χ1v) is 6.94. The number of hydrogen-bond acceptors (Lipinski definition) is 4. The molecular weight excluding hydrogens is 264 g/mol. The van der Waals surface area contributed by atoms with Gasteiger partial charge in [0.2, 0.25) is 0 Å². The largest absolute Gasteiger partial charge is 0.384 e. The van der Waals surface area contributed by atoms with Gasteiger partial charge in [0.25, 0.3) is 0 Å². The molecule has 0 saturated heterocycles. The molecule has 0 spiro atoms. The van der Waals surface area contributed by atoms with Crippen molar-refractivity contribution in [3.8, 4) is 0 Å². The molecule has 6 heteroatoms. The third kappa shape index (κ3) is 5.10. The Kier molecular flexibility index (Phi) is 6.79. The number of nitrogens with two attached hydrogens (primary N) is 1. The minimum atomic E-state index is -0.109. The van der Waals surface area contributed by atoms with E-state index in [4.69, 9.17) is 22.1 Å². The maximum Gasteiger partial charge on any atom is 0.0834 e. The van der Waals surface area contributed by atoms with Crippen molar-refractivity contribution in [2.24, 2.45) is 11.7 Å². The van der Waals surface area contributed by atoms with Crippen LogP contribution >= 0.6 is 11.6 Å². The van der Waals surface area contributed by atoms with Crippen LogP contribution in [0.5, 0.6) is 0 Å². The molecule has 0 amide bonds. The first kappa shape index (κ1) is 16.4. The van der Waals surface area contributed by atoms with E-state index < -0.39 is 0 Å². The zero-order valence-electron chi connectivity index (χ0n) is 12.3. The van der Waals surface area contributed by atoms with E-state index in [9.17, 15) is 0 Å². The maximum absolute atomic E-state index is 6.26. The van der Waals surface area contributed by atoms with Crippen LogP contribution in [0.1, 0.15) is 25.1 Å². The normalized spacial score (nSPS) is 14.9. The van der Waals surface area contributed by atoms with Crippen molar-refractivity contribution < 1.29 is 4.74 Å². The smallest absolute Gasteiger partial charge is 0.0834 e. The molecule has 1 heterocycles. The van der Waals surface area contributed by atoms with E-state index in [2.05, 4.69) is 16.9 Å². The quantitative estimate of drug-likeness (QED) is 0.792. The molecule has 1 rings (SSSR count). The van der Waals surface area contributed by atoms with Crippen molar-refractivity contribution in [3.05, 3.63) is 16.9 Å². The minimum Gasteiger partial charge on any atom is -0.384 e. The number of rotatable bonds is 8. The van der Waals surface area contributed by atoms with Crippen LogP contribution in [-0.4, -0.2) is 49.0 Å². The van der Waals surface area contributed by atoms with Gasteiger partial charge in [-0.1, -0.05) is 18.5 Å². The second kappa shape index (κ2) is 7.85. The topological polar surface area (TPSA) is 56.3 Å². The summed E-state index contributed by atoms with van der Waals surface area (Å²) >= 11 is 6.21. The van der Waals surface area contributed by atoms with E-state index >= 15 is 0 Å². The number of hydrogen-bond donors (Lipinski definition) is 1. The zero-order valence-corrected chi connectivity index (χ0v) is 13.0. The Morgan fingerprint density at radius 1 is 1.53 bits per heavy atom. The van der Waals surface area contributed by atoms with Gasteiger partial charge in [-0.15, -0.1) is 0 Å². The maximum atomic E-state index is 6.26. The third-order valence-corrected chi connectivity index (χ3v) is 3.34. The van der Waals surface area contributed by atoms with E-state index in [1.807, 2.05) is 18.8 Å². The van der Waals surface area contributed by atoms with E-state index in [1.54, 1.807) is 13.3 Å².